The van der Waals surface area contributed by atoms with Crippen LogP contribution in [0.25, 0.3) is 0 Å². The van der Waals surface area contributed by atoms with Crippen molar-refractivity contribution >= 4 is 17.7 Å². The third-order valence-electron chi connectivity index (χ3n) is 2.61. The van der Waals surface area contributed by atoms with Gasteiger partial charge in [-0.15, -0.1) is 0 Å². The van der Waals surface area contributed by atoms with Crippen LogP contribution in [0.4, 0.5) is 0 Å². The van der Waals surface area contributed by atoms with Gasteiger partial charge >= 0.3 is 90.1 Å². The standard InChI is InChI=1S/C14H27O2.Li/c1-3-5-7-9-11-13-16-14-15-12-10-8-6-4-2;/h6,8H,2-5,7,9-14H2,1H3;/b8-6+;. The smallest absolute Gasteiger partial charge is 0.0654 e. The minimum absolute atomic E-state index is 0.454. The molecule has 0 radical (unpaired) electrons. The molecule has 3 heteroatoms. The third-order valence-corrected chi connectivity index (χ3v) is 2.61. The molecular weight excluding hydrogens is 207 g/mol. The summed E-state index contributed by atoms with van der Waals surface area (Å²) in [4.78, 5) is 0. The Morgan fingerprint density at radius 1 is 0.882 bits per heavy atom. The Morgan fingerprint density at radius 3 is 2.35 bits per heavy atom. The predicted octanol–water partition coefficient (Wildman–Crippen LogP) is 3.87. The van der Waals surface area contributed by atoms with Crippen LogP contribution in [0.3, 0.4) is 0 Å². The molecule has 0 fully saturated rings. The summed E-state index contributed by atoms with van der Waals surface area (Å²) < 4.78 is 10.8. The van der Waals surface area contributed by atoms with Crippen LogP contribution in [-0.2, 0) is 9.47 Å². The van der Waals surface area contributed by atoms with Gasteiger partial charge in [0.05, 0.1) is 0 Å². The second-order valence-electron chi connectivity index (χ2n) is 4.40. The molecular formula is C14H27LiO2. The van der Waals surface area contributed by atoms with Gasteiger partial charge in [0.25, 0.3) is 0 Å². The van der Waals surface area contributed by atoms with Crippen molar-refractivity contribution in [3.05, 3.63) is 12.2 Å². The molecule has 0 rings (SSSR count). The molecule has 0 saturated carbocycles. The second-order valence-corrected chi connectivity index (χ2v) is 4.40. The van der Waals surface area contributed by atoms with Crippen molar-refractivity contribution in [2.45, 2.75) is 57.0 Å². The van der Waals surface area contributed by atoms with Gasteiger partial charge in [0.15, 0.2) is 0 Å². The Labute approximate surface area is 116 Å². The van der Waals surface area contributed by atoms with Gasteiger partial charge in [-0.2, -0.15) is 0 Å². The first-order valence-electron chi connectivity index (χ1n) is 7.22. The summed E-state index contributed by atoms with van der Waals surface area (Å²) in [6.45, 7) is 4.31. The van der Waals surface area contributed by atoms with Crippen molar-refractivity contribution in [1.29, 1.82) is 0 Å². The average molecular weight is 234 g/mol. The number of ether oxygens (including phenoxy) is 2. The van der Waals surface area contributed by atoms with Gasteiger partial charge in [0.1, 0.15) is 0 Å². The van der Waals surface area contributed by atoms with E-state index >= 15 is 0 Å². The van der Waals surface area contributed by atoms with Crippen LogP contribution >= 0.6 is 0 Å². The van der Waals surface area contributed by atoms with Crippen LogP contribution in [-0.4, -0.2) is 37.7 Å². The molecule has 0 unspecified atom stereocenters. The monoisotopic (exact) mass is 234 g/mol. The topological polar surface area (TPSA) is 18.5 Å². The fourth-order valence-electron chi connectivity index (χ4n) is 1.54. The van der Waals surface area contributed by atoms with Crippen molar-refractivity contribution in [3.63, 3.8) is 0 Å². The molecule has 0 aromatic carbocycles. The van der Waals surface area contributed by atoms with E-state index in [0.29, 0.717) is 6.79 Å². The van der Waals surface area contributed by atoms with Crippen molar-refractivity contribution in [2.75, 3.05) is 20.0 Å². The zero-order chi connectivity index (χ0) is 12.6. The van der Waals surface area contributed by atoms with Crippen LogP contribution in [0.15, 0.2) is 12.2 Å². The first-order chi connectivity index (χ1) is 8.41. The fraction of sp³-hybridized carbons (Fsp3) is 0.857. The molecule has 0 aromatic rings. The Balaban J connectivity index is 2.94. The molecule has 0 N–H and O–H groups in total. The van der Waals surface area contributed by atoms with Gasteiger partial charge in [-0.05, 0) is 0 Å². The molecule has 0 aromatic heterocycles. The summed E-state index contributed by atoms with van der Waals surface area (Å²) in [5, 5.41) is 1.22. The summed E-state index contributed by atoms with van der Waals surface area (Å²) in [5.74, 6) is 0. The predicted molar refractivity (Wildman–Crippen MR) is 74.5 cm³/mol. The Hall–Kier alpha value is 0.257. The zero-order valence-corrected chi connectivity index (χ0v) is 11.7. The maximum absolute atomic E-state index is 5.40. The van der Waals surface area contributed by atoms with Gasteiger partial charge < -0.3 is 0 Å². The normalized spacial score (nSPS) is 11.5. The summed E-state index contributed by atoms with van der Waals surface area (Å²) in [6.07, 6.45) is 13.0. The SMILES string of the molecule is [Li][CH2]C/C=C/CCOCOCCCCCCC. The first-order valence-corrected chi connectivity index (χ1v) is 7.22. The Bertz CT molecular complexity index is 160. The van der Waals surface area contributed by atoms with E-state index in [0.717, 1.165) is 19.6 Å². The van der Waals surface area contributed by atoms with Crippen LogP contribution in [0.2, 0.25) is 5.09 Å². The van der Waals surface area contributed by atoms with E-state index in [4.69, 9.17) is 9.47 Å². The van der Waals surface area contributed by atoms with E-state index in [1.165, 1.54) is 43.6 Å². The Kier molecular flexibility index (Phi) is 16.5. The average Bonchev–Trinajstić information content (AvgIpc) is 2.35. The summed E-state index contributed by atoms with van der Waals surface area (Å²) in [5.41, 5.74) is 0. The zero-order valence-electron chi connectivity index (χ0n) is 11.7. The van der Waals surface area contributed by atoms with E-state index in [2.05, 4.69) is 36.8 Å². The first kappa shape index (κ1) is 17.3. The molecule has 0 aliphatic heterocycles. The minimum atomic E-state index is 0.454. The molecule has 0 bridgehead atoms. The van der Waals surface area contributed by atoms with Crippen LogP contribution in [0.1, 0.15) is 51.9 Å². The van der Waals surface area contributed by atoms with Gasteiger partial charge in [0, 0.05) is 0 Å². The molecule has 0 aliphatic rings. The van der Waals surface area contributed by atoms with Crippen molar-refractivity contribution in [1.82, 2.24) is 0 Å². The third kappa shape index (κ3) is 16.3. The van der Waals surface area contributed by atoms with Crippen molar-refractivity contribution in [3.8, 4) is 0 Å². The van der Waals surface area contributed by atoms with Gasteiger partial charge in [-0.1, -0.05) is 26.2 Å². The maximum atomic E-state index is 5.40. The second kappa shape index (κ2) is 16.3. The molecule has 2 nitrogen and oxygen atoms in total. The number of hydrogen-bond acceptors (Lipinski definition) is 2. The van der Waals surface area contributed by atoms with E-state index in [-0.39, 0.29) is 0 Å². The Morgan fingerprint density at radius 2 is 1.59 bits per heavy atom. The van der Waals surface area contributed by atoms with Gasteiger partial charge in [-0.3, -0.25) is 0 Å². The van der Waals surface area contributed by atoms with E-state index in [9.17, 15) is 0 Å². The number of hydrogen-bond donors (Lipinski definition) is 0. The summed E-state index contributed by atoms with van der Waals surface area (Å²) in [7, 11) is 0. The fourth-order valence-corrected chi connectivity index (χ4v) is 1.54. The van der Waals surface area contributed by atoms with Gasteiger partial charge in [0.2, 0.25) is 0 Å². The van der Waals surface area contributed by atoms with E-state index < -0.39 is 0 Å². The van der Waals surface area contributed by atoms with Crippen LogP contribution < -0.4 is 0 Å². The number of allylic oxidation sites excluding steroid dienone is 1. The molecule has 96 valence electrons. The molecule has 0 heterocycles. The molecule has 0 atom stereocenters. The van der Waals surface area contributed by atoms with Crippen LogP contribution in [0.5, 0.6) is 0 Å². The summed E-state index contributed by atoms with van der Waals surface area (Å²) >= 11 is 2.19. The molecule has 0 spiro atoms. The van der Waals surface area contributed by atoms with Gasteiger partial charge in [-0.25, -0.2) is 0 Å². The van der Waals surface area contributed by atoms with Crippen molar-refractivity contribution in [2.24, 2.45) is 0 Å². The molecule has 0 saturated heterocycles. The van der Waals surface area contributed by atoms with Crippen molar-refractivity contribution < 1.29 is 9.47 Å². The van der Waals surface area contributed by atoms with E-state index in [1.54, 1.807) is 0 Å². The van der Waals surface area contributed by atoms with Crippen LogP contribution in [0, 0.1) is 0 Å². The molecule has 0 amide bonds. The minimum Gasteiger partial charge on any atom is -0.0654 e. The van der Waals surface area contributed by atoms with E-state index in [1.807, 2.05) is 0 Å². The molecule has 17 heavy (non-hydrogen) atoms. The number of unbranched alkanes of at least 4 members (excludes halogenated alkanes) is 4. The molecule has 0 aliphatic carbocycles. The number of rotatable bonds is 13. The quantitative estimate of drug-likeness (QED) is 0.208. The summed E-state index contributed by atoms with van der Waals surface area (Å²) in [6, 6.07) is 0.